The Labute approximate surface area is 153 Å². The minimum absolute atomic E-state index is 0.172. The van der Waals surface area contributed by atoms with E-state index in [1.807, 2.05) is 11.3 Å². The van der Waals surface area contributed by atoms with Crippen LogP contribution in [0.15, 0.2) is 40.5 Å². The molecule has 0 fully saturated rings. The zero-order valence-corrected chi connectivity index (χ0v) is 17.7. The third-order valence-electron chi connectivity index (χ3n) is 4.18. The Morgan fingerprint density at radius 1 is 1.32 bits per heavy atom. The average molecular weight is 443 g/mol. The Bertz CT molecular complexity index is 600. The molecule has 0 bridgehead atoms. The molecule has 22 heavy (non-hydrogen) atoms. The minimum atomic E-state index is -0.362. The number of ether oxygens (including phenoxy) is 1. The Balaban J connectivity index is 2.05. The quantitative estimate of drug-likeness (QED) is 0.360. The van der Waals surface area contributed by atoms with Crippen LogP contribution in [0.25, 0.3) is 10.1 Å². The molecule has 0 saturated carbocycles. The van der Waals surface area contributed by atoms with Crippen molar-refractivity contribution in [3.63, 3.8) is 0 Å². The van der Waals surface area contributed by atoms with Crippen molar-refractivity contribution in [1.29, 1.82) is 0 Å². The van der Waals surface area contributed by atoms with Crippen LogP contribution in [0.3, 0.4) is 0 Å². The fourth-order valence-corrected chi connectivity index (χ4v) is 4.00. The minimum Gasteiger partial charge on any atom is -0.374 e. The lowest BCUT2D eigenvalue weighted by atomic mass is 10.2. The van der Waals surface area contributed by atoms with Gasteiger partial charge in [0.25, 0.3) is 0 Å². The van der Waals surface area contributed by atoms with Crippen molar-refractivity contribution in [3.8, 4) is 0 Å². The van der Waals surface area contributed by atoms with Crippen LogP contribution in [0.4, 0.5) is 0 Å². The highest BCUT2D eigenvalue weighted by atomic mass is 127. The maximum Gasteiger partial charge on any atom is 0.0811 e. The van der Waals surface area contributed by atoms with Gasteiger partial charge in [0.1, 0.15) is 0 Å². The molecule has 1 atom stereocenters. The maximum absolute atomic E-state index is 6.25. The second kappa shape index (κ2) is 8.08. The van der Waals surface area contributed by atoms with Crippen LogP contribution in [0.5, 0.6) is 0 Å². The van der Waals surface area contributed by atoms with Gasteiger partial charge in [-0.05, 0) is 32.7 Å². The van der Waals surface area contributed by atoms with Crippen LogP contribution in [0.1, 0.15) is 18.7 Å². The van der Waals surface area contributed by atoms with Crippen LogP contribution in [0, 0.1) is 0 Å². The van der Waals surface area contributed by atoms with Gasteiger partial charge < -0.3 is 4.74 Å². The summed E-state index contributed by atoms with van der Waals surface area (Å²) in [6, 6.07) is 10.9. The van der Waals surface area contributed by atoms with E-state index in [0.717, 1.165) is 13.0 Å². The maximum atomic E-state index is 6.25. The molecule has 0 N–H and O–H groups in total. The van der Waals surface area contributed by atoms with Gasteiger partial charge in [0.05, 0.1) is 14.9 Å². The van der Waals surface area contributed by atoms with Crippen molar-refractivity contribution in [2.45, 2.75) is 44.5 Å². The van der Waals surface area contributed by atoms with E-state index in [-0.39, 0.29) is 14.9 Å². The number of halogens is 1. The molecule has 1 radical (unpaired) electrons. The largest absolute Gasteiger partial charge is 0.374 e. The van der Waals surface area contributed by atoms with E-state index in [0.29, 0.717) is 5.04 Å². The van der Waals surface area contributed by atoms with E-state index >= 15 is 0 Å². The molecule has 2 aromatic rings. The summed E-state index contributed by atoms with van der Waals surface area (Å²) >= 11 is 4.16. The first-order valence-electron chi connectivity index (χ1n) is 7.59. The highest BCUT2D eigenvalue weighted by molar-refractivity contribution is 14.1. The molecular weight excluding hydrogens is 419 g/mol. The van der Waals surface area contributed by atoms with Crippen molar-refractivity contribution < 1.29 is 4.74 Å². The standard InChI is InChI=1S/C18H24IOSSi/c1-18(2,22(3)4)13-20-15(9-10-19)12-16-11-14-7-5-6-8-17(14)21-16/h5-11,15H,12-13H2,1-4H3/b10-9+. The molecule has 4 heteroatoms. The van der Waals surface area contributed by atoms with Crippen LogP contribution >= 0.6 is 33.9 Å². The summed E-state index contributed by atoms with van der Waals surface area (Å²) in [6.45, 7) is 10.2. The summed E-state index contributed by atoms with van der Waals surface area (Å²) in [5, 5.41) is 1.65. The fourth-order valence-electron chi connectivity index (χ4n) is 2.06. The van der Waals surface area contributed by atoms with E-state index in [1.54, 1.807) is 0 Å². The number of benzene rings is 1. The molecular formula is C18H24IOSSi. The highest BCUT2D eigenvalue weighted by Gasteiger charge is 2.25. The molecule has 119 valence electrons. The summed E-state index contributed by atoms with van der Waals surface area (Å²) in [5.74, 6) is 0. The van der Waals surface area contributed by atoms with E-state index in [9.17, 15) is 0 Å². The summed E-state index contributed by atoms with van der Waals surface area (Å²) in [5.41, 5.74) is 0. The van der Waals surface area contributed by atoms with Gasteiger partial charge in [-0.2, -0.15) is 0 Å². The molecule has 2 rings (SSSR count). The molecule has 1 aromatic carbocycles. The Hall–Kier alpha value is -0.173. The van der Waals surface area contributed by atoms with E-state index < -0.39 is 0 Å². The zero-order valence-electron chi connectivity index (χ0n) is 13.7. The Kier molecular flexibility index (Phi) is 6.68. The zero-order chi connectivity index (χ0) is 16.2. The lowest BCUT2D eigenvalue weighted by molar-refractivity contribution is 0.0692. The number of rotatable bonds is 7. The van der Waals surface area contributed by atoms with Gasteiger partial charge in [-0.15, -0.1) is 11.3 Å². The number of thiophene rings is 1. The van der Waals surface area contributed by atoms with Gasteiger partial charge in [0.2, 0.25) is 0 Å². The molecule has 0 saturated heterocycles. The summed E-state index contributed by atoms with van der Waals surface area (Å²) in [4.78, 5) is 1.40. The smallest absolute Gasteiger partial charge is 0.0811 e. The Morgan fingerprint density at radius 2 is 2.05 bits per heavy atom. The van der Waals surface area contributed by atoms with Crippen molar-refractivity contribution in [2.75, 3.05) is 6.61 Å². The van der Waals surface area contributed by atoms with Crippen molar-refractivity contribution >= 4 is 52.8 Å². The van der Waals surface area contributed by atoms with Crippen LogP contribution < -0.4 is 0 Å². The van der Waals surface area contributed by atoms with Crippen LogP contribution in [-0.2, 0) is 11.2 Å². The van der Waals surface area contributed by atoms with Crippen molar-refractivity contribution in [1.82, 2.24) is 0 Å². The number of fused-ring (bicyclic) bond motifs is 1. The third-order valence-corrected chi connectivity index (χ3v) is 8.58. The molecule has 1 heterocycles. The van der Waals surface area contributed by atoms with Crippen molar-refractivity contribution in [3.05, 3.63) is 45.4 Å². The molecule has 1 nitrogen and oxygen atoms in total. The first-order chi connectivity index (χ1) is 10.4. The van der Waals surface area contributed by atoms with Crippen molar-refractivity contribution in [2.24, 2.45) is 0 Å². The first-order valence-corrected chi connectivity index (χ1v) is 12.1. The van der Waals surface area contributed by atoms with Gasteiger partial charge in [-0.3, -0.25) is 0 Å². The van der Waals surface area contributed by atoms with E-state index in [4.69, 9.17) is 4.74 Å². The lowest BCUT2D eigenvalue weighted by Gasteiger charge is -2.29. The van der Waals surface area contributed by atoms with Gasteiger partial charge >= 0.3 is 0 Å². The molecule has 0 aliphatic heterocycles. The van der Waals surface area contributed by atoms with Gasteiger partial charge in [-0.1, -0.05) is 67.7 Å². The van der Waals surface area contributed by atoms with Crippen LogP contribution in [-0.4, -0.2) is 21.5 Å². The monoisotopic (exact) mass is 443 g/mol. The molecule has 0 spiro atoms. The predicted octanol–water partition coefficient (Wildman–Crippen LogP) is 6.31. The average Bonchev–Trinajstić information content (AvgIpc) is 2.87. The van der Waals surface area contributed by atoms with E-state index in [1.165, 1.54) is 15.0 Å². The molecule has 1 unspecified atom stereocenters. The van der Waals surface area contributed by atoms with Gasteiger partial charge in [-0.25, -0.2) is 0 Å². The topological polar surface area (TPSA) is 9.23 Å². The first kappa shape index (κ1) is 18.2. The van der Waals surface area contributed by atoms with Gasteiger partial charge in [0, 0.05) is 22.6 Å². The number of hydrogen-bond donors (Lipinski definition) is 0. The second-order valence-corrected chi connectivity index (χ2v) is 11.7. The highest BCUT2D eigenvalue weighted by Crippen LogP contribution is 2.30. The summed E-state index contributed by atoms with van der Waals surface area (Å²) < 4.78 is 9.69. The van der Waals surface area contributed by atoms with Gasteiger partial charge in [0.15, 0.2) is 0 Å². The molecule has 0 aliphatic rings. The van der Waals surface area contributed by atoms with Crippen LogP contribution in [0.2, 0.25) is 18.1 Å². The fraction of sp³-hybridized carbons (Fsp3) is 0.444. The summed E-state index contributed by atoms with van der Waals surface area (Å²) in [6.07, 6.45) is 3.31. The third kappa shape index (κ3) is 4.91. The summed E-state index contributed by atoms with van der Waals surface area (Å²) in [7, 11) is -0.362. The normalized spacial score (nSPS) is 14.3. The second-order valence-electron chi connectivity index (χ2n) is 6.51. The van der Waals surface area contributed by atoms with E-state index in [2.05, 4.69) is 90.0 Å². The molecule has 1 aromatic heterocycles. The number of hydrogen-bond acceptors (Lipinski definition) is 2. The molecule has 0 aliphatic carbocycles. The Morgan fingerprint density at radius 3 is 2.68 bits per heavy atom. The predicted molar refractivity (Wildman–Crippen MR) is 110 cm³/mol. The molecule has 0 amide bonds. The lowest BCUT2D eigenvalue weighted by Crippen LogP contribution is -2.29. The SMILES string of the molecule is C[Si](C)C(C)(C)COC(/C=C/I)Cc1cc2ccccc2s1.